The molecule has 1 atom stereocenters. The van der Waals surface area contributed by atoms with Gasteiger partial charge in [0.1, 0.15) is 25.7 Å². The molecule has 2 aliphatic rings. The number of morpholine rings is 1. The number of rotatable bonds is 7. The quantitative estimate of drug-likeness (QED) is 0.301. The number of aliphatic hydroxyl groups excluding tert-OH is 1. The van der Waals surface area contributed by atoms with E-state index in [0.29, 0.717) is 0 Å². The molecule has 1 aromatic rings. The van der Waals surface area contributed by atoms with E-state index in [1.807, 2.05) is 0 Å². The number of halogens is 2. The molecule has 1 fully saturated rings. The lowest BCUT2D eigenvalue weighted by Gasteiger charge is -2.23. The van der Waals surface area contributed by atoms with E-state index in [1.165, 1.54) is 56.2 Å². The van der Waals surface area contributed by atoms with Crippen LogP contribution in [0.3, 0.4) is 0 Å². The van der Waals surface area contributed by atoms with E-state index in [2.05, 4.69) is 23.5 Å². The maximum absolute atomic E-state index is 10.5. The van der Waals surface area contributed by atoms with Gasteiger partial charge in [-0.3, -0.25) is 0 Å². The number of fused-ring (bicyclic) bond motifs is 1. The van der Waals surface area contributed by atoms with Crippen molar-refractivity contribution in [3.63, 3.8) is 0 Å². The van der Waals surface area contributed by atoms with Crippen molar-refractivity contribution in [3.8, 4) is 0 Å². The van der Waals surface area contributed by atoms with E-state index in [4.69, 9.17) is 4.74 Å². The van der Waals surface area contributed by atoms with Crippen LogP contribution in [0.25, 0.3) is 0 Å². The number of aryl methyl sites for hydroxylation is 2. The van der Waals surface area contributed by atoms with E-state index in [1.54, 1.807) is 4.90 Å². The zero-order valence-electron chi connectivity index (χ0n) is 16.2. The van der Waals surface area contributed by atoms with E-state index in [-0.39, 0.29) is 36.4 Å². The number of nitrogens with two attached hydrogens (primary N) is 1. The second kappa shape index (κ2) is 14.6. The summed E-state index contributed by atoms with van der Waals surface area (Å²) in [6.45, 7) is 7.24. The van der Waals surface area contributed by atoms with Crippen molar-refractivity contribution in [2.45, 2.75) is 44.6 Å². The molecule has 0 spiro atoms. The second-order valence-corrected chi connectivity index (χ2v) is 7.38. The van der Waals surface area contributed by atoms with Gasteiger partial charge >= 0.3 is 0 Å². The fraction of sp³-hybridized carbons (Fsp3) is 0.700. The van der Waals surface area contributed by atoms with Crippen molar-refractivity contribution in [2.75, 3.05) is 45.9 Å². The Labute approximate surface area is 176 Å². The Kier molecular flexibility index (Phi) is 14.4. The Morgan fingerprint density at radius 1 is 1.04 bits per heavy atom. The molecule has 3 rings (SSSR count). The van der Waals surface area contributed by atoms with Gasteiger partial charge in [-0.25, -0.2) is 0 Å². The number of ether oxygens (including phenoxy) is 1. The molecule has 0 amide bonds. The van der Waals surface area contributed by atoms with E-state index >= 15 is 0 Å². The van der Waals surface area contributed by atoms with Crippen LogP contribution in [0.5, 0.6) is 0 Å². The summed E-state index contributed by atoms with van der Waals surface area (Å²) in [6, 6.07) is 6.65. The van der Waals surface area contributed by atoms with Gasteiger partial charge in [0.2, 0.25) is 0 Å². The van der Waals surface area contributed by atoms with Gasteiger partial charge in [0, 0.05) is 6.42 Å². The summed E-state index contributed by atoms with van der Waals surface area (Å²) in [6.07, 6.45) is 7.21. The molecule has 27 heavy (non-hydrogen) atoms. The number of hydrogen-bond donors (Lipinski definition) is 3. The Morgan fingerprint density at radius 3 is 2.48 bits per heavy atom. The van der Waals surface area contributed by atoms with Crippen molar-refractivity contribution >= 4 is 0 Å². The first-order chi connectivity index (χ1) is 11.8. The second-order valence-electron chi connectivity index (χ2n) is 7.38. The molecule has 0 bridgehead atoms. The van der Waals surface area contributed by atoms with Gasteiger partial charge in [0.25, 0.3) is 0 Å². The summed E-state index contributed by atoms with van der Waals surface area (Å²) in [5, 5.41) is 12.8. The molecule has 5 nitrogen and oxygen atoms in total. The van der Waals surface area contributed by atoms with Crippen molar-refractivity contribution in [1.29, 1.82) is 0 Å². The van der Waals surface area contributed by atoms with E-state index in [0.717, 1.165) is 45.0 Å². The van der Waals surface area contributed by atoms with E-state index < -0.39 is 0 Å². The highest BCUT2D eigenvalue weighted by Crippen LogP contribution is 2.23. The van der Waals surface area contributed by atoms with Gasteiger partial charge in [-0.2, -0.15) is 0 Å². The van der Waals surface area contributed by atoms with Gasteiger partial charge in [-0.15, -0.1) is 0 Å². The fourth-order valence-corrected chi connectivity index (χ4v) is 3.96. The molecule has 1 unspecified atom stereocenters. The molecule has 7 heteroatoms. The molecular formula is C20H36Cl2N2O3. The normalized spacial score (nSPS) is 18.1. The average Bonchev–Trinajstić information content (AvgIpc) is 2.87. The molecule has 0 saturated carbocycles. The van der Waals surface area contributed by atoms with Crippen LogP contribution in [0.2, 0.25) is 0 Å². The SMILES string of the molecule is O.OC(C[NH2+]CCC[NH+]1CCOCC1)c1ccc2c(c1)CCCCC2.[Cl-].[Cl-]. The minimum Gasteiger partial charge on any atom is -1.00 e. The Hall–Kier alpha value is -0.400. The van der Waals surface area contributed by atoms with Gasteiger partial charge in [-0.05, 0) is 42.4 Å². The molecule has 0 aromatic heterocycles. The van der Waals surface area contributed by atoms with Crippen LogP contribution in [-0.2, 0) is 17.6 Å². The first-order valence-electron chi connectivity index (χ1n) is 9.85. The summed E-state index contributed by atoms with van der Waals surface area (Å²) in [5.41, 5.74) is 4.08. The predicted octanol–water partition coefficient (Wildman–Crippen LogP) is -6.96. The van der Waals surface area contributed by atoms with Crippen LogP contribution in [0, 0.1) is 0 Å². The lowest BCUT2D eigenvalue weighted by molar-refractivity contribution is -0.909. The van der Waals surface area contributed by atoms with Crippen LogP contribution < -0.4 is 35.0 Å². The summed E-state index contributed by atoms with van der Waals surface area (Å²) >= 11 is 0. The Bertz CT molecular complexity index is 514. The molecule has 1 aliphatic carbocycles. The molecule has 0 radical (unpaired) electrons. The maximum atomic E-state index is 10.5. The first-order valence-corrected chi connectivity index (χ1v) is 9.85. The minimum absolute atomic E-state index is 0. The molecular weight excluding hydrogens is 387 g/mol. The largest absolute Gasteiger partial charge is 1.00 e. The standard InChI is InChI=1S/C20H32N2O2.2ClH.H2O/c23-20(16-21-9-4-10-22-11-13-24-14-12-22)19-8-7-17-5-2-1-3-6-18(17)15-19;;;/h7-8,15,20-21,23H,1-6,9-14,16H2;2*1H;1H2. The van der Waals surface area contributed by atoms with Crippen molar-refractivity contribution in [1.82, 2.24) is 0 Å². The Balaban J connectivity index is 0.00000225. The highest BCUT2D eigenvalue weighted by Gasteiger charge is 2.15. The molecule has 6 N–H and O–H groups in total. The zero-order valence-corrected chi connectivity index (χ0v) is 17.7. The van der Waals surface area contributed by atoms with Crippen LogP contribution in [0.15, 0.2) is 18.2 Å². The summed E-state index contributed by atoms with van der Waals surface area (Å²) in [5.74, 6) is 0. The van der Waals surface area contributed by atoms with Gasteiger partial charge in [0.05, 0.1) is 26.3 Å². The van der Waals surface area contributed by atoms with Crippen LogP contribution in [0.4, 0.5) is 0 Å². The molecule has 158 valence electrons. The first kappa shape index (κ1) is 26.6. The van der Waals surface area contributed by atoms with Gasteiger partial charge < -0.3 is 50.4 Å². The third-order valence-electron chi connectivity index (χ3n) is 5.54. The van der Waals surface area contributed by atoms with Crippen LogP contribution >= 0.6 is 0 Å². The zero-order chi connectivity index (χ0) is 16.6. The van der Waals surface area contributed by atoms with Gasteiger partial charge in [0.15, 0.2) is 0 Å². The molecule has 1 saturated heterocycles. The van der Waals surface area contributed by atoms with Crippen LogP contribution in [0.1, 0.15) is 48.5 Å². The number of nitrogens with one attached hydrogen (secondary N) is 1. The number of benzene rings is 1. The maximum Gasteiger partial charge on any atom is 0.128 e. The smallest absolute Gasteiger partial charge is 0.128 e. The number of hydrogen-bond acceptors (Lipinski definition) is 2. The van der Waals surface area contributed by atoms with E-state index in [9.17, 15) is 5.11 Å². The highest BCUT2D eigenvalue weighted by molar-refractivity contribution is 5.34. The van der Waals surface area contributed by atoms with Crippen molar-refractivity contribution < 1.29 is 50.4 Å². The fourth-order valence-electron chi connectivity index (χ4n) is 3.96. The lowest BCUT2D eigenvalue weighted by Crippen LogP contribution is -3.14. The number of quaternary nitrogens is 2. The number of aliphatic hydroxyl groups is 1. The highest BCUT2D eigenvalue weighted by atomic mass is 35.5. The van der Waals surface area contributed by atoms with Gasteiger partial charge in [-0.1, -0.05) is 24.6 Å². The monoisotopic (exact) mass is 422 g/mol. The molecule has 1 aliphatic heterocycles. The predicted molar refractivity (Wildman–Crippen MR) is 98.9 cm³/mol. The lowest BCUT2D eigenvalue weighted by atomic mass is 9.98. The minimum atomic E-state index is -0.339. The van der Waals surface area contributed by atoms with Crippen molar-refractivity contribution in [3.05, 3.63) is 34.9 Å². The summed E-state index contributed by atoms with van der Waals surface area (Å²) in [7, 11) is 0. The van der Waals surface area contributed by atoms with Crippen molar-refractivity contribution in [2.24, 2.45) is 0 Å². The molecule has 1 heterocycles. The third kappa shape index (κ3) is 8.65. The topological polar surface area (TPSA) is 82.0 Å². The average molecular weight is 423 g/mol. The van der Waals surface area contributed by atoms with Crippen LogP contribution in [-0.4, -0.2) is 56.5 Å². The third-order valence-corrected chi connectivity index (χ3v) is 5.54. The Morgan fingerprint density at radius 2 is 1.74 bits per heavy atom. The summed E-state index contributed by atoms with van der Waals surface area (Å²) in [4.78, 5) is 1.67. The molecule has 1 aromatic carbocycles. The summed E-state index contributed by atoms with van der Waals surface area (Å²) < 4.78 is 5.39.